The predicted octanol–water partition coefficient (Wildman–Crippen LogP) is 5.80. The summed E-state index contributed by atoms with van der Waals surface area (Å²) in [7, 11) is 0. The number of nitrogens with zero attached hydrogens (tertiary/aromatic N) is 2. The van der Waals surface area contributed by atoms with Gasteiger partial charge in [0.1, 0.15) is 5.75 Å². The van der Waals surface area contributed by atoms with Crippen molar-refractivity contribution in [1.29, 1.82) is 0 Å². The number of benzene rings is 3. The van der Waals surface area contributed by atoms with Crippen LogP contribution >= 0.6 is 0 Å². The molecule has 0 fully saturated rings. The quantitative estimate of drug-likeness (QED) is 0.143. The van der Waals surface area contributed by atoms with Crippen molar-refractivity contribution in [3.63, 3.8) is 0 Å². The molecule has 168 valence electrons. The van der Waals surface area contributed by atoms with E-state index in [1.807, 2.05) is 12.1 Å². The Balaban J connectivity index is 1.79. The first kappa shape index (κ1) is 23.4. The molecule has 7 heteroatoms. The molecule has 3 aromatic rings. The lowest BCUT2D eigenvalue weighted by atomic mass is 10.0. The minimum atomic E-state index is -0.447. The third-order valence-electron chi connectivity index (χ3n) is 4.83. The third-order valence-corrected chi connectivity index (χ3v) is 4.83. The van der Waals surface area contributed by atoms with Crippen molar-refractivity contribution < 1.29 is 24.5 Å². The summed E-state index contributed by atoms with van der Waals surface area (Å²) in [6, 6.07) is 18.4. The Kier molecular flexibility index (Phi) is 7.70. The average Bonchev–Trinajstić information content (AvgIpc) is 2.82. The van der Waals surface area contributed by atoms with E-state index in [0.29, 0.717) is 29.7 Å². The molecule has 0 heterocycles. The van der Waals surface area contributed by atoms with E-state index in [0.717, 1.165) is 5.56 Å². The SMILES string of the molecule is C=C(C)C(=O)OCCCc1ccccc1N=Nc1c(O)ccc(C(=O)c2ccccc2)c1O. The Morgan fingerprint density at radius 2 is 1.64 bits per heavy atom. The van der Waals surface area contributed by atoms with Crippen LogP contribution in [0.25, 0.3) is 0 Å². The smallest absolute Gasteiger partial charge is 0.333 e. The van der Waals surface area contributed by atoms with E-state index in [1.165, 1.54) is 12.1 Å². The molecule has 7 nitrogen and oxygen atoms in total. The number of azo groups is 1. The van der Waals surface area contributed by atoms with Gasteiger partial charge in [0.15, 0.2) is 17.2 Å². The number of carbonyl (C=O) groups excluding carboxylic acids is 2. The second-order valence-electron chi connectivity index (χ2n) is 7.37. The van der Waals surface area contributed by atoms with Crippen LogP contribution in [0.2, 0.25) is 0 Å². The Labute approximate surface area is 191 Å². The molecule has 0 unspecified atom stereocenters. The molecule has 3 aromatic carbocycles. The maximum absolute atomic E-state index is 12.7. The largest absolute Gasteiger partial charge is 0.505 e. The second kappa shape index (κ2) is 10.9. The molecule has 0 saturated heterocycles. The van der Waals surface area contributed by atoms with Gasteiger partial charge in [0, 0.05) is 11.1 Å². The monoisotopic (exact) mass is 444 g/mol. The number of aryl methyl sites for hydroxylation is 1. The normalized spacial score (nSPS) is 10.8. The molecule has 0 aromatic heterocycles. The summed E-state index contributed by atoms with van der Waals surface area (Å²) in [5.74, 6) is -1.57. The number of esters is 1. The lowest BCUT2D eigenvalue weighted by Gasteiger charge is -2.08. The number of ketones is 1. The third kappa shape index (κ3) is 5.92. The molecular weight excluding hydrogens is 420 g/mol. The first-order valence-corrected chi connectivity index (χ1v) is 10.4. The van der Waals surface area contributed by atoms with Gasteiger partial charge in [0.05, 0.1) is 17.9 Å². The lowest BCUT2D eigenvalue weighted by Crippen LogP contribution is -2.06. The summed E-state index contributed by atoms with van der Waals surface area (Å²) < 4.78 is 5.11. The summed E-state index contributed by atoms with van der Waals surface area (Å²) in [5, 5.41) is 29.0. The number of phenolic OH excluding ortho intramolecular Hbond substituents is 2. The highest BCUT2D eigenvalue weighted by Gasteiger charge is 2.19. The minimum absolute atomic E-state index is 0.0144. The van der Waals surface area contributed by atoms with E-state index in [9.17, 15) is 19.8 Å². The van der Waals surface area contributed by atoms with Crippen molar-refractivity contribution >= 4 is 23.1 Å². The lowest BCUT2D eigenvalue weighted by molar-refractivity contribution is -0.139. The van der Waals surface area contributed by atoms with Crippen LogP contribution in [0, 0.1) is 0 Å². The topological polar surface area (TPSA) is 109 Å². The molecule has 0 saturated carbocycles. The summed E-state index contributed by atoms with van der Waals surface area (Å²) in [5.41, 5.74) is 1.95. The highest BCUT2D eigenvalue weighted by molar-refractivity contribution is 6.11. The van der Waals surface area contributed by atoms with E-state index in [2.05, 4.69) is 16.8 Å². The van der Waals surface area contributed by atoms with Crippen LogP contribution < -0.4 is 0 Å². The Morgan fingerprint density at radius 1 is 0.939 bits per heavy atom. The van der Waals surface area contributed by atoms with Crippen LogP contribution in [0.3, 0.4) is 0 Å². The van der Waals surface area contributed by atoms with Crippen molar-refractivity contribution in [1.82, 2.24) is 0 Å². The van der Waals surface area contributed by atoms with Gasteiger partial charge in [-0.05, 0) is 43.5 Å². The van der Waals surface area contributed by atoms with E-state index in [4.69, 9.17) is 4.74 Å². The van der Waals surface area contributed by atoms with Gasteiger partial charge in [-0.2, -0.15) is 5.11 Å². The van der Waals surface area contributed by atoms with Crippen LogP contribution in [0.15, 0.2) is 89.1 Å². The summed E-state index contributed by atoms with van der Waals surface area (Å²) in [4.78, 5) is 24.2. The standard InChI is InChI=1S/C26H24N2O5/c1-17(2)26(32)33-16-8-12-18-9-6-7-13-21(18)27-28-23-22(29)15-14-20(25(23)31)24(30)19-10-4-3-5-11-19/h3-7,9-11,13-15,29,31H,1,8,12,16H2,2H3. The van der Waals surface area contributed by atoms with Gasteiger partial charge >= 0.3 is 5.97 Å². The molecule has 0 radical (unpaired) electrons. The molecule has 0 amide bonds. The zero-order chi connectivity index (χ0) is 23.8. The number of phenols is 2. The molecule has 0 spiro atoms. The number of hydrogen-bond donors (Lipinski definition) is 2. The van der Waals surface area contributed by atoms with Crippen molar-refractivity contribution in [3.8, 4) is 11.5 Å². The Morgan fingerprint density at radius 3 is 2.36 bits per heavy atom. The van der Waals surface area contributed by atoms with Gasteiger partial charge in [-0.15, -0.1) is 5.11 Å². The zero-order valence-electron chi connectivity index (χ0n) is 18.2. The molecule has 0 aliphatic carbocycles. The van der Waals surface area contributed by atoms with Crippen LogP contribution in [0.1, 0.15) is 34.8 Å². The molecule has 33 heavy (non-hydrogen) atoms. The molecule has 3 rings (SSSR count). The molecule has 0 aliphatic rings. The van der Waals surface area contributed by atoms with Crippen LogP contribution in [-0.4, -0.2) is 28.6 Å². The van der Waals surface area contributed by atoms with Crippen molar-refractivity contribution in [2.75, 3.05) is 6.61 Å². The first-order valence-electron chi connectivity index (χ1n) is 10.4. The van der Waals surface area contributed by atoms with Crippen LogP contribution in [0.5, 0.6) is 11.5 Å². The maximum atomic E-state index is 12.7. The van der Waals surface area contributed by atoms with Crippen molar-refractivity contribution in [3.05, 3.63) is 95.6 Å². The minimum Gasteiger partial charge on any atom is -0.505 e. The Bertz CT molecular complexity index is 1200. The summed E-state index contributed by atoms with van der Waals surface area (Å²) in [6.07, 6.45) is 1.15. The fraction of sp³-hybridized carbons (Fsp3) is 0.154. The van der Waals surface area contributed by atoms with E-state index in [1.54, 1.807) is 49.4 Å². The Hall–Kier alpha value is -4.26. The number of carbonyl (C=O) groups is 2. The molecule has 0 aliphatic heterocycles. The van der Waals surface area contributed by atoms with Gasteiger partial charge in [0.2, 0.25) is 0 Å². The number of rotatable bonds is 9. The van der Waals surface area contributed by atoms with Crippen LogP contribution in [-0.2, 0) is 16.0 Å². The summed E-state index contributed by atoms with van der Waals surface area (Å²) in [6.45, 7) is 5.37. The second-order valence-corrected chi connectivity index (χ2v) is 7.37. The van der Waals surface area contributed by atoms with Gasteiger partial charge < -0.3 is 14.9 Å². The fourth-order valence-electron chi connectivity index (χ4n) is 3.07. The maximum Gasteiger partial charge on any atom is 0.333 e. The highest BCUT2D eigenvalue weighted by atomic mass is 16.5. The molecule has 0 bridgehead atoms. The molecule has 0 atom stereocenters. The van der Waals surface area contributed by atoms with E-state index >= 15 is 0 Å². The zero-order valence-corrected chi connectivity index (χ0v) is 18.2. The molecular formula is C26H24N2O5. The fourth-order valence-corrected chi connectivity index (χ4v) is 3.07. The first-order chi connectivity index (χ1) is 15.9. The van der Waals surface area contributed by atoms with Crippen molar-refractivity contribution in [2.45, 2.75) is 19.8 Å². The number of aromatic hydroxyl groups is 2. The van der Waals surface area contributed by atoms with E-state index < -0.39 is 17.5 Å². The molecule has 2 N–H and O–H groups in total. The average molecular weight is 444 g/mol. The van der Waals surface area contributed by atoms with Crippen LogP contribution in [0.4, 0.5) is 11.4 Å². The van der Waals surface area contributed by atoms with Gasteiger partial charge in [0.25, 0.3) is 0 Å². The van der Waals surface area contributed by atoms with Crippen molar-refractivity contribution in [2.24, 2.45) is 10.2 Å². The predicted molar refractivity (Wildman–Crippen MR) is 124 cm³/mol. The summed E-state index contributed by atoms with van der Waals surface area (Å²) >= 11 is 0. The van der Waals surface area contributed by atoms with Gasteiger partial charge in [-0.1, -0.05) is 55.1 Å². The highest BCUT2D eigenvalue weighted by Crippen LogP contribution is 2.40. The van der Waals surface area contributed by atoms with Gasteiger partial charge in [-0.25, -0.2) is 4.79 Å². The number of ether oxygens (including phenoxy) is 1. The van der Waals surface area contributed by atoms with Gasteiger partial charge in [-0.3, -0.25) is 4.79 Å². The number of hydrogen-bond acceptors (Lipinski definition) is 7. The van der Waals surface area contributed by atoms with E-state index in [-0.39, 0.29) is 23.6 Å².